The predicted molar refractivity (Wildman–Crippen MR) is 191 cm³/mol. The topological polar surface area (TPSA) is 15.3 Å². The van der Waals surface area contributed by atoms with E-state index in [1.54, 1.807) is 12.1 Å². The summed E-state index contributed by atoms with van der Waals surface area (Å²) in [7, 11) is 0. The molecule has 0 atom stereocenters. The summed E-state index contributed by atoms with van der Waals surface area (Å²) in [5.41, 5.74) is 3.27. The lowest BCUT2D eigenvalue weighted by Crippen LogP contribution is -2.27. The van der Waals surface area contributed by atoms with E-state index in [9.17, 15) is 26.3 Å². The van der Waals surface area contributed by atoms with E-state index in [-0.39, 0.29) is 17.2 Å². The Labute approximate surface area is 288 Å². The van der Waals surface area contributed by atoms with Crippen LogP contribution >= 0.6 is 0 Å². The van der Waals surface area contributed by atoms with Crippen molar-refractivity contribution in [3.63, 3.8) is 0 Å². The molecule has 0 fully saturated rings. The average Bonchev–Trinajstić information content (AvgIpc) is 3.29. The molecule has 0 aromatic heterocycles. The van der Waals surface area contributed by atoms with Crippen LogP contribution in [0.3, 0.4) is 0 Å². The molecule has 50 heavy (non-hydrogen) atoms. The second-order valence-electron chi connectivity index (χ2n) is 13.0. The van der Waals surface area contributed by atoms with Crippen LogP contribution < -0.4 is 10.2 Å². The Bertz CT molecular complexity index is 2060. The molecule has 0 bridgehead atoms. The van der Waals surface area contributed by atoms with Crippen LogP contribution in [-0.2, 0) is 30.6 Å². The second kappa shape index (κ2) is 13.6. The average molecular weight is 683 g/mol. The summed E-state index contributed by atoms with van der Waals surface area (Å²) in [5.74, 6) is 0. The highest BCUT2D eigenvalue weighted by molar-refractivity contribution is 5.97. The maximum atomic E-state index is 13.7. The number of rotatable bonds is 9. The standard InChI is InChI=1S/C42H36F6N2/c1-28(12-11-19-38-40(2,3)36-17-9-10-18-37(36)50(38)23-22-29-13-5-4-6-14-29)24-31-21-20-30-15-7-8-16-35(30)39(31)49-34-26-32(41(43,44)45)25-33(27-34)42(46,47)48/h4-21,25-27,49H,1,22-24H2,2-3H3/b12-11+,38-19+. The fourth-order valence-electron chi connectivity index (χ4n) is 6.63. The van der Waals surface area contributed by atoms with Gasteiger partial charge in [0, 0.05) is 40.1 Å². The molecule has 1 heterocycles. The Morgan fingerprint density at radius 2 is 1.42 bits per heavy atom. The predicted octanol–water partition coefficient (Wildman–Crippen LogP) is 12.2. The number of halogens is 6. The molecule has 0 saturated heterocycles. The quantitative estimate of drug-likeness (QED) is 0.123. The van der Waals surface area contributed by atoms with Crippen molar-refractivity contribution in [3.8, 4) is 0 Å². The minimum Gasteiger partial charge on any atom is -0.355 e. The van der Waals surface area contributed by atoms with Crippen molar-refractivity contribution >= 4 is 27.8 Å². The van der Waals surface area contributed by atoms with Crippen LogP contribution in [0, 0.1) is 0 Å². The Hall–Kier alpha value is -5.24. The van der Waals surface area contributed by atoms with Gasteiger partial charge in [-0.05, 0) is 65.3 Å². The molecule has 6 rings (SSSR count). The van der Waals surface area contributed by atoms with E-state index in [0.29, 0.717) is 40.8 Å². The van der Waals surface area contributed by atoms with Gasteiger partial charge >= 0.3 is 12.4 Å². The van der Waals surface area contributed by atoms with E-state index in [2.05, 4.69) is 67.1 Å². The van der Waals surface area contributed by atoms with Crippen molar-refractivity contribution in [1.29, 1.82) is 0 Å². The van der Waals surface area contributed by atoms with Crippen LogP contribution in [0.15, 0.2) is 145 Å². The molecule has 0 radical (unpaired) electrons. The molecule has 0 saturated carbocycles. The fourth-order valence-corrected chi connectivity index (χ4v) is 6.63. The first-order chi connectivity index (χ1) is 23.7. The highest BCUT2D eigenvalue weighted by Crippen LogP contribution is 2.47. The van der Waals surface area contributed by atoms with E-state index in [0.717, 1.165) is 24.0 Å². The molecule has 0 aliphatic carbocycles. The summed E-state index contributed by atoms with van der Waals surface area (Å²) in [6, 6.07) is 31.2. The second-order valence-corrected chi connectivity index (χ2v) is 13.0. The summed E-state index contributed by atoms with van der Waals surface area (Å²) >= 11 is 0. The first-order valence-electron chi connectivity index (χ1n) is 16.3. The SMILES string of the molecule is C=C(/C=C/C=C1/N(CCc2ccccc2)c2ccccc2C1(C)C)Cc1ccc2ccccc2c1Nc1cc(C(F)(F)F)cc(C(F)(F)F)c1. The number of nitrogens with one attached hydrogen (secondary N) is 1. The van der Waals surface area contributed by atoms with Gasteiger partial charge in [0.1, 0.15) is 0 Å². The number of benzene rings is 5. The summed E-state index contributed by atoms with van der Waals surface area (Å²) in [4.78, 5) is 2.35. The van der Waals surface area contributed by atoms with Crippen molar-refractivity contribution in [2.75, 3.05) is 16.8 Å². The molecular weight excluding hydrogens is 646 g/mol. The monoisotopic (exact) mass is 682 g/mol. The summed E-state index contributed by atoms with van der Waals surface area (Å²) < 4.78 is 81.9. The van der Waals surface area contributed by atoms with Crippen LogP contribution in [0.2, 0.25) is 0 Å². The first-order valence-corrected chi connectivity index (χ1v) is 16.3. The van der Waals surface area contributed by atoms with Crippen molar-refractivity contribution in [1.82, 2.24) is 0 Å². The largest absolute Gasteiger partial charge is 0.416 e. The zero-order valence-corrected chi connectivity index (χ0v) is 27.7. The number of alkyl halides is 6. The number of nitrogens with zero attached hydrogens (tertiary/aromatic N) is 1. The van der Waals surface area contributed by atoms with E-state index < -0.39 is 23.5 Å². The Balaban J connectivity index is 1.30. The lowest BCUT2D eigenvalue weighted by molar-refractivity contribution is -0.143. The maximum absolute atomic E-state index is 13.7. The lowest BCUT2D eigenvalue weighted by Gasteiger charge is -2.27. The van der Waals surface area contributed by atoms with E-state index >= 15 is 0 Å². The first kappa shape index (κ1) is 34.6. The lowest BCUT2D eigenvalue weighted by atomic mass is 9.83. The van der Waals surface area contributed by atoms with E-state index in [1.165, 1.54) is 16.8 Å². The number of hydrogen-bond acceptors (Lipinski definition) is 2. The molecule has 0 amide bonds. The number of hydrogen-bond donors (Lipinski definition) is 1. The van der Waals surface area contributed by atoms with Crippen LogP contribution in [0.25, 0.3) is 10.8 Å². The van der Waals surface area contributed by atoms with Crippen LogP contribution in [-0.4, -0.2) is 6.54 Å². The van der Waals surface area contributed by atoms with Gasteiger partial charge in [0.2, 0.25) is 0 Å². The third-order valence-electron chi connectivity index (χ3n) is 9.14. The van der Waals surface area contributed by atoms with Crippen molar-refractivity contribution in [2.24, 2.45) is 0 Å². The fraction of sp³-hybridized carbons (Fsp3) is 0.190. The highest BCUT2D eigenvalue weighted by atomic mass is 19.4. The van der Waals surface area contributed by atoms with E-state index in [4.69, 9.17) is 0 Å². The normalized spacial score (nSPS) is 15.2. The molecule has 5 aromatic rings. The molecule has 8 heteroatoms. The molecule has 1 N–H and O–H groups in total. The molecule has 2 nitrogen and oxygen atoms in total. The van der Waals surface area contributed by atoms with Gasteiger partial charge in [-0.2, -0.15) is 26.3 Å². The van der Waals surface area contributed by atoms with Gasteiger partial charge in [-0.1, -0.05) is 123 Å². The minimum atomic E-state index is -4.96. The van der Waals surface area contributed by atoms with Gasteiger partial charge in [-0.25, -0.2) is 0 Å². The summed E-state index contributed by atoms with van der Waals surface area (Å²) in [6.07, 6.45) is -2.80. The van der Waals surface area contributed by atoms with Gasteiger partial charge in [-0.3, -0.25) is 0 Å². The number of allylic oxidation sites excluding steroid dienone is 5. The zero-order chi connectivity index (χ0) is 35.7. The van der Waals surface area contributed by atoms with E-state index in [1.807, 2.05) is 60.7 Å². The Morgan fingerprint density at radius 1 is 0.780 bits per heavy atom. The molecular formula is C42H36F6N2. The van der Waals surface area contributed by atoms with Crippen molar-refractivity contribution < 1.29 is 26.3 Å². The smallest absolute Gasteiger partial charge is 0.355 e. The van der Waals surface area contributed by atoms with Crippen molar-refractivity contribution in [2.45, 2.75) is 44.5 Å². The van der Waals surface area contributed by atoms with Crippen LogP contribution in [0.5, 0.6) is 0 Å². The third kappa shape index (κ3) is 7.34. The van der Waals surface area contributed by atoms with Gasteiger partial charge in [0.05, 0.1) is 11.1 Å². The molecule has 256 valence electrons. The zero-order valence-electron chi connectivity index (χ0n) is 27.7. The third-order valence-corrected chi connectivity index (χ3v) is 9.14. The molecule has 1 aliphatic rings. The number of para-hydroxylation sites is 1. The van der Waals surface area contributed by atoms with Gasteiger partial charge in [0.25, 0.3) is 0 Å². The summed E-state index contributed by atoms with van der Waals surface area (Å²) in [5, 5.41) is 4.36. The van der Waals surface area contributed by atoms with Gasteiger partial charge in [-0.15, -0.1) is 0 Å². The minimum absolute atomic E-state index is 0.128. The highest BCUT2D eigenvalue weighted by Gasteiger charge is 2.39. The van der Waals surface area contributed by atoms with Crippen LogP contribution in [0.4, 0.5) is 43.4 Å². The molecule has 0 unspecified atom stereocenters. The molecule has 5 aromatic carbocycles. The molecule has 1 aliphatic heterocycles. The summed E-state index contributed by atoms with van der Waals surface area (Å²) in [6.45, 7) is 9.45. The Morgan fingerprint density at radius 3 is 2.12 bits per heavy atom. The van der Waals surface area contributed by atoms with Gasteiger partial charge in [0.15, 0.2) is 0 Å². The number of anilines is 3. The number of fused-ring (bicyclic) bond motifs is 2. The Kier molecular flexibility index (Phi) is 9.40. The maximum Gasteiger partial charge on any atom is 0.416 e. The molecule has 0 spiro atoms. The van der Waals surface area contributed by atoms with Gasteiger partial charge < -0.3 is 10.2 Å². The van der Waals surface area contributed by atoms with Crippen LogP contribution in [0.1, 0.15) is 41.7 Å². The van der Waals surface area contributed by atoms with Crippen molar-refractivity contribution in [3.05, 3.63) is 173 Å².